The molecule has 0 atom stereocenters. The molecular formula is C10H12N2O6S. The molecule has 2 N–H and O–H groups in total. The molecule has 0 aliphatic heterocycles. The fourth-order valence-electron chi connectivity index (χ4n) is 1.03. The minimum Gasteiger partial charge on any atom is -0.464 e. The number of ether oxygens (including phenoxy) is 1. The third kappa shape index (κ3) is 4.47. The summed E-state index contributed by atoms with van der Waals surface area (Å²) in [7, 11) is -3.67. The molecule has 0 fully saturated rings. The second-order valence-electron chi connectivity index (χ2n) is 3.42. The number of carbonyl (C=O) groups excluding carboxylic acids is 1. The second-order valence-corrected chi connectivity index (χ2v) is 5.12. The summed E-state index contributed by atoms with van der Waals surface area (Å²) in [6.07, 6.45) is -2.97. The van der Waals surface area contributed by atoms with Crippen molar-refractivity contribution in [2.24, 2.45) is 0 Å². The molecule has 2 amide bonds. The first-order chi connectivity index (χ1) is 8.83. The van der Waals surface area contributed by atoms with Gasteiger partial charge in [-0.3, -0.25) is 0 Å². The van der Waals surface area contributed by atoms with Crippen LogP contribution >= 0.6 is 0 Å². The molecule has 0 aromatic heterocycles. The normalized spacial score (nSPS) is 10.6. The Morgan fingerprint density at radius 1 is 1.32 bits per heavy atom. The van der Waals surface area contributed by atoms with Crippen LogP contribution in [-0.2, 0) is 21.6 Å². The molecule has 104 valence electrons. The molecule has 0 aliphatic carbocycles. The van der Waals surface area contributed by atoms with Crippen LogP contribution in [0.25, 0.3) is 0 Å². The molecule has 1 aromatic rings. The minimum absolute atomic E-state index is 0.0310. The van der Waals surface area contributed by atoms with Gasteiger partial charge in [0.25, 0.3) is 0 Å². The summed E-state index contributed by atoms with van der Waals surface area (Å²) in [5, 5.41) is 8.49. The molecule has 0 saturated heterocycles. The standard InChI is InChI=1S/C10H12N2O6S/c1-12(10(14)15)19(16,17)11-9(13)18-7-8-5-3-2-4-6-8/h2-6H,7H2,1H3,(H,11,13)(H,14,15). The van der Waals surface area contributed by atoms with Gasteiger partial charge in [-0.25, -0.2) is 14.3 Å². The first-order valence-corrected chi connectivity index (χ1v) is 6.47. The molecule has 0 spiro atoms. The molecule has 0 heterocycles. The van der Waals surface area contributed by atoms with Crippen LogP contribution in [0.15, 0.2) is 30.3 Å². The molecule has 0 bridgehead atoms. The van der Waals surface area contributed by atoms with Gasteiger partial charge in [0.15, 0.2) is 0 Å². The Hall–Kier alpha value is -2.29. The SMILES string of the molecule is CN(C(=O)O)S(=O)(=O)NC(=O)OCc1ccccc1. The zero-order valence-corrected chi connectivity index (χ0v) is 10.8. The van der Waals surface area contributed by atoms with E-state index < -0.39 is 22.4 Å². The van der Waals surface area contributed by atoms with Crippen LogP contribution in [0.3, 0.4) is 0 Å². The molecule has 0 unspecified atom stereocenters. The first kappa shape index (κ1) is 14.8. The lowest BCUT2D eigenvalue weighted by atomic mass is 10.2. The first-order valence-electron chi connectivity index (χ1n) is 5.03. The Balaban J connectivity index is 2.54. The highest BCUT2D eigenvalue weighted by Gasteiger charge is 2.25. The number of benzene rings is 1. The van der Waals surface area contributed by atoms with Crippen molar-refractivity contribution < 1.29 is 27.9 Å². The maximum atomic E-state index is 11.3. The van der Waals surface area contributed by atoms with Crippen molar-refractivity contribution in [2.75, 3.05) is 7.05 Å². The maximum Gasteiger partial charge on any atom is 0.422 e. The summed E-state index contributed by atoms with van der Waals surface area (Å²) >= 11 is 0. The Morgan fingerprint density at radius 2 is 1.89 bits per heavy atom. The monoisotopic (exact) mass is 288 g/mol. The molecule has 8 nitrogen and oxygen atoms in total. The van der Waals surface area contributed by atoms with Gasteiger partial charge in [0, 0.05) is 7.05 Å². The Morgan fingerprint density at radius 3 is 2.42 bits per heavy atom. The Bertz CT molecular complexity index is 557. The third-order valence-corrected chi connectivity index (χ3v) is 3.36. The van der Waals surface area contributed by atoms with E-state index in [1.165, 1.54) is 4.72 Å². The highest BCUT2D eigenvalue weighted by Crippen LogP contribution is 2.01. The number of nitrogens with one attached hydrogen (secondary N) is 1. The Kier molecular flexibility index (Phi) is 4.70. The summed E-state index contributed by atoms with van der Waals surface area (Å²) in [5.74, 6) is 0. The summed E-state index contributed by atoms with van der Waals surface area (Å²) in [6.45, 7) is -0.126. The van der Waals surface area contributed by atoms with Crippen LogP contribution in [0.1, 0.15) is 5.56 Å². The lowest BCUT2D eigenvalue weighted by molar-refractivity contribution is 0.145. The fraction of sp³-hybridized carbons (Fsp3) is 0.200. The van der Waals surface area contributed by atoms with Gasteiger partial charge in [0.05, 0.1) is 0 Å². The van der Waals surface area contributed by atoms with Crippen LogP contribution in [0, 0.1) is 0 Å². The van der Waals surface area contributed by atoms with E-state index >= 15 is 0 Å². The van der Waals surface area contributed by atoms with Gasteiger partial charge in [0.1, 0.15) is 6.61 Å². The molecule has 1 aromatic carbocycles. The minimum atomic E-state index is -4.45. The highest BCUT2D eigenvalue weighted by molar-refractivity contribution is 7.88. The summed E-state index contributed by atoms with van der Waals surface area (Å²) in [5.41, 5.74) is 0.668. The fourth-order valence-corrected chi connectivity index (χ4v) is 1.64. The van der Waals surface area contributed by atoms with Crippen LogP contribution in [0.5, 0.6) is 0 Å². The van der Waals surface area contributed by atoms with Crippen molar-refractivity contribution in [2.45, 2.75) is 6.61 Å². The predicted octanol–water partition coefficient (Wildman–Crippen LogP) is 0.767. The van der Waals surface area contributed by atoms with Crippen molar-refractivity contribution in [3.63, 3.8) is 0 Å². The van der Waals surface area contributed by atoms with Gasteiger partial charge >= 0.3 is 22.4 Å². The van der Waals surface area contributed by atoms with Gasteiger partial charge in [0.2, 0.25) is 0 Å². The summed E-state index contributed by atoms with van der Waals surface area (Å²) in [6, 6.07) is 8.60. The summed E-state index contributed by atoms with van der Waals surface area (Å²) < 4.78 is 28.7. The highest BCUT2D eigenvalue weighted by atomic mass is 32.2. The number of nitrogens with zero attached hydrogens (tertiary/aromatic N) is 1. The molecule has 19 heavy (non-hydrogen) atoms. The molecule has 1 rings (SSSR count). The molecule has 0 aliphatic rings. The van der Waals surface area contributed by atoms with Gasteiger partial charge in [-0.1, -0.05) is 30.3 Å². The van der Waals surface area contributed by atoms with Crippen LogP contribution < -0.4 is 4.72 Å². The third-order valence-electron chi connectivity index (χ3n) is 2.05. The van der Waals surface area contributed by atoms with Gasteiger partial charge in [-0.05, 0) is 5.56 Å². The lowest BCUT2D eigenvalue weighted by Crippen LogP contribution is -2.43. The van der Waals surface area contributed by atoms with Crippen LogP contribution in [0.4, 0.5) is 9.59 Å². The molecule has 0 radical (unpaired) electrons. The number of rotatable bonds is 4. The van der Waals surface area contributed by atoms with E-state index in [0.717, 1.165) is 7.05 Å². The van der Waals surface area contributed by atoms with E-state index in [0.29, 0.717) is 5.56 Å². The van der Waals surface area contributed by atoms with Crippen molar-refractivity contribution in [1.29, 1.82) is 0 Å². The van der Waals surface area contributed by atoms with E-state index in [-0.39, 0.29) is 10.9 Å². The second kappa shape index (κ2) is 6.05. The van der Waals surface area contributed by atoms with Gasteiger partial charge < -0.3 is 9.84 Å². The molecule has 9 heteroatoms. The van der Waals surface area contributed by atoms with Crippen LogP contribution in [-0.4, -0.2) is 37.1 Å². The quantitative estimate of drug-likeness (QED) is 0.846. The van der Waals surface area contributed by atoms with E-state index in [4.69, 9.17) is 5.11 Å². The van der Waals surface area contributed by atoms with Gasteiger partial charge in [-0.15, -0.1) is 0 Å². The Labute approximate surface area is 109 Å². The topological polar surface area (TPSA) is 113 Å². The maximum absolute atomic E-state index is 11.3. The number of hydrogen-bond acceptors (Lipinski definition) is 5. The number of carboxylic acid groups (broad SMARTS) is 1. The van der Waals surface area contributed by atoms with Crippen molar-refractivity contribution in [3.8, 4) is 0 Å². The molecule has 0 saturated carbocycles. The number of carbonyl (C=O) groups is 2. The smallest absolute Gasteiger partial charge is 0.422 e. The van der Waals surface area contributed by atoms with Crippen molar-refractivity contribution in [1.82, 2.24) is 9.03 Å². The van der Waals surface area contributed by atoms with E-state index in [1.54, 1.807) is 30.3 Å². The average molecular weight is 288 g/mol. The van der Waals surface area contributed by atoms with Crippen LogP contribution in [0.2, 0.25) is 0 Å². The summed E-state index contributed by atoms with van der Waals surface area (Å²) in [4.78, 5) is 21.7. The zero-order valence-electron chi connectivity index (χ0n) is 9.94. The zero-order chi connectivity index (χ0) is 14.5. The van der Waals surface area contributed by atoms with Gasteiger partial charge in [-0.2, -0.15) is 12.7 Å². The van der Waals surface area contributed by atoms with E-state index in [1.807, 2.05) is 0 Å². The van der Waals surface area contributed by atoms with E-state index in [2.05, 4.69) is 4.74 Å². The molecular weight excluding hydrogens is 276 g/mol. The van der Waals surface area contributed by atoms with Crippen molar-refractivity contribution in [3.05, 3.63) is 35.9 Å². The number of hydrogen-bond donors (Lipinski definition) is 2. The predicted molar refractivity (Wildman–Crippen MR) is 64.5 cm³/mol. The van der Waals surface area contributed by atoms with E-state index in [9.17, 15) is 18.0 Å². The largest absolute Gasteiger partial charge is 0.464 e. The lowest BCUT2D eigenvalue weighted by Gasteiger charge is -2.14. The average Bonchev–Trinajstić information content (AvgIpc) is 2.36. The number of amides is 2. The van der Waals surface area contributed by atoms with Crippen molar-refractivity contribution >= 4 is 22.4 Å².